The molecule has 1 N–H and O–H groups in total. The summed E-state index contributed by atoms with van der Waals surface area (Å²) in [5.41, 5.74) is -1.26. The molecule has 1 aromatic carbocycles. The van der Waals surface area contributed by atoms with Crippen LogP contribution in [0.15, 0.2) is 49.6 Å². The SMILES string of the molecule is C=CCN(CCC)C(=O)[C@@H]1[C@H]2C(=O)N(CCCCCCO)C(C(=O)N(CC=C)c3ccc(OC)cc3)C23CC[C@@]1(C)O3. The number of benzene rings is 1. The maximum atomic E-state index is 14.7. The Hall–Kier alpha value is -3.17. The Morgan fingerprint density at radius 3 is 2.40 bits per heavy atom. The van der Waals surface area contributed by atoms with E-state index in [0.717, 1.165) is 19.3 Å². The molecule has 3 aliphatic rings. The number of hydrogen-bond acceptors (Lipinski definition) is 6. The lowest BCUT2D eigenvalue weighted by molar-refractivity contribution is -0.149. The second kappa shape index (κ2) is 13.4. The number of hydrogen-bond donors (Lipinski definition) is 1. The van der Waals surface area contributed by atoms with Gasteiger partial charge in [0.25, 0.3) is 5.91 Å². The predicted octanol–water partition coefficient (Wildman–Crippen LogP) is 3.96. The van der Waals surface area contributed by atoms with Crippen molar-refractivity contribution in [2.24, 2.45) is 11.8 Å². The zero-order chi connectivity index (χ0) is 30.5. The van der Waals surface area contributed by atoms with Gasteiger partial charge in [-0.15, -0.1) is 13.2 Å². The van der Waals surface area contributed by atoms with Crippen molar-refractivity contribution in [3.63, 3.8) is 0 Å². The molecule has 3 fully saturated rings. The van der Waals surface area contributed by atoms with Crippen molar-refractivity contribution in [3.05, 3.63) is 49.6 Å². The monoisotopic (exact) mass is 581 g/mol. The maximum absolute atomic E-state index is 14.7. The van der Waals surface area contributed by atoms with E-state index in [9.17, 15) is 19.5 Å². The third-order valence-electron chi connectivity index (χ3n) is 9.20. The summed E-state index contributed by atoms with van der Waals surface area (Å²) in [4.78, 5) is 48.3. The van der Waals surface area contributed by atoms with Crippen LogP contribution < -0.4 is 9.64 Å². The van der Waals surface area contributed by atoms with E-state index in [1.165, 1.54) is 0 Å². The van der Waals surface area contributed by atoms with Crippen LogP contribution in [0.3, 0.4) is 0 Å². The summed E-state index contributed by atoms with van der Waals surface area (Å²) in [5.74, 6) is -1.25. The summed E-state index contributed by atoms with van der Waals surface area (Å²) in [5, 5.41) is 9.20. The Morgan fingerprint density at radius 1 is 1.10 bits per heavy atom. The normalized spacial score (nSPS) is 27.6. The molecule has 4 rings (SSSR count). The average molecular weight is 582 g/mol. The zero-order valence-electron chi connectivity index (χ0n) is 25.4. The molecule has 3 aliphatic heterocycles. The summed E-state index contributed by atoms with van der Waals surface area (Å²) in [6, 6.07) is 6.38. The fraction of sp³-hybridized carbons (Fsp3) is 0.606. The lowest BCUT2D eigenvalue weighted by atomic mass is 9.66. The van der Waals surface area contributed by atoms with Gasteiger partial charge in [0.15, 0.2) is 0 Å². The van der Waals surface area contributed by atoms with E-state index >= 15 is 0 Å². The van der Waals surface area contributed by atoms with Crippen LogP contribution in [0, 0.1) is 11.8 Å². The lowest BCUT2D eigenvalue weighted by Gasteiger charge is -2.37. The van der Waals surface area contributed by atoms with Crippen LogP contribution in [0.2, 0.25) is 0 Å². The standard InChI is InChI=1S/C33H47N3O6/c1-6-19-34(20-7-2)29(38)26-27-30(39)36(22-11-9-10-12-23-37)28(33(27)18-17-32(26,4)42-33)31(40)35(21-8-3)24-13-15-25(41-5)16-14-24/h6,8,13-16,26-28,37H,1,3,7,9-12,17-23H2,2,4-5H3/t26-,27-,28?,32+,33?/m0/s1. The third-order valence-corrected chi connectivity index (χ3v) is 9.20. The summed E-state index contributed by atoms with van der Waals surface area (Å²) in [7, 11) is 1.59. The quantitative estimate of drug-likeness (QED) is 0.234. The van der Waals surface area contributed by atoms with Gasteiger partial charge in [-0.25, -0.2) is 0 Å². The first-order valence-corrected chi connectivity index (χ1v) is 15.3. The molecule has 2 bridgehead atoms. The van der Waals surface area contributed by atoms with Crippen molar-refractivity contribution >= 4 is 23.4 Å². The fourth-order valence-corrected chi connectivity index (χ4v) is 7.34. The molecule has 5 atom stereocenters. The summed E-state index contributed by atoms with van der Waals surface area (Å²) < 4.78 is 12.1. The van der Waals surface area contributed by atoms with E-state index in [1.54, 1.807) is 46.1 Å². The topological polar surface area (TPSA) is 99.6 Å². The smallest absolute Gasteiger partial charge is 0.253 e. The number of fused-ring (bicyclic) bond motifs is 1. The molecule has 0 aliphatic carbocycles. The number of ether oxygens (including phenoxy) is 2. The van der Waals surface area contributed by atoms with E-state index < -0.39 is 29.1 Å². The van der Waals surface area contributed by atoms with Gasteiger partial charge in [0.1, 0.15) is 17.4 Å². The largest absolute Gasteiger partial charge is 0.497 e. The zero-order valence-corrected chi connectivity index (χ0v) is 25.4. The Morgan fingerprint density at radius 2 is 1.79 bits per heavy atom. The van der Waals surface area contributed by atoms with Crippen molar-refractivity contribution < 1.29 is 29.0 Å². The number of carbonyl (C=O) groups is 3. The van der Waals surface area contributed by atoms with E-state index in [0.29, 0.717) is 56.8 Å². The number of aliphatic hydroxyl groups is 1. The first-order chi connectivity index (χ1) is 20.2. The minimum atomic E-state index is -1.09. The fourth-order valence-electron chi connectivity index (χ4n) is 7.34. The molecule has 42 heavy (non-hydrogen) atoms. The van der Waals surface area contributed by atoms with Crippen molar-refractivity contribution in [1.82, 2.24) is 9.80 Å². The number of aliphatic hydroxyl groups excluding tert-OH is 1. The highest BCUT2D eigenvalue weighted by molar-refractivity contribution is 6.05. The van der Waals surface area contributed by atoms with Crippen LogP contribution in [-0.2, 0) is 19.1 Å². The number of nitrogens with zero attached hydrogens (tertiary/aromatic N) is 3. The molecule has 1 aromatic rings. The predicted molar refractivity (Wildman–Crippen MR) is 162 cm³/mol. The molecule has 0 radical (unpaired) electrons. The number of methoxy groups -OCH3 is 1. The molecule has 230 valence electrons. The number of likely N-dealkylation sites (tertiary alicyclic amines) is 1. The van der Waals surface area contributed by atoms with Gasteiger partial charge in [0, 0.05) is 38.5 Å². The first kappa shape index (κ1) is 31.8. The van der Waals surface area contributed by atoms with E-state index in [1.807, 2.05) is 26.0 Å². The molecule has 3 heterocycles. The molecule has 0 aromatic heterocycles. The van der Waals surface area contributed by atoms with Crippen molar-refractivity contribution in [2.45, 2.75) is 76.0 Å². The Bertz CT molecular complexity index is 1150. The van der Waals surface area contributed by atoms with Gasteiger partial charge >= 0.3 is 0 Å². The second-order valence-electron chi connectivity index (χ2n) is 11.9. The third kappa shape index (κ3) is 5.61. The maximum Gasteiger partial charge on any atom is 0.253 e. The summed E-state index contributed by atoms with van der Waals surface area (Å²) in [6.07, 6.45) is 8.34. The minimum absolute atomic E-state index is 0.103. The van der Waals surface area contributed by atoms with Crippen LogP contribution >= 0.6 is 0 Å². The Labute approximate surface area is 250 Å². The highest BCUT2D eigenvalue weighted by Crippen LogP contribution is 2.63. The highest BCUT2D eigenvalue weighted by atomic mass is 16.5. The van der Waals surface area contributed by atoms with Crippen LogP contribution in [0.5, 0.6) is 5.75 Å². The number of anilines is 1. The Kier molecular flexibility index (Phi) is 10.1. The molecule has 3 amide bonds. The molecule has 9 nitrogen and oxygen atoms in total. The van der Waals surface area contributed by atoms with Crippen LogP contribution in [-0.4, -0.2) is 89.8 Å². The van der Waals surface area contributed by atoms with Gasteiger partial charge in [-0.3, -0.25) is 14.4 Å². The molecule has 3 saturated heterocycles. The number of carbonyl (C=O) groups excluding carboxylic acids is 3. The molecule has 9 heteroatoms. The van der Waals surface area contributed by atoms with Gasteiger partial charge in [0.05, 0.1) is 24.5 Å². The van der Waals surface area contributed by atoms with Gasteiger partial charge < -0.3 is 29.3 Å². The first-order valence-electron chi connectivity index (χ1n) is 15.3. The number of amides is 3. The van der Waals surface area contributed by atoms with E-state index in [4.69, 9.17) is 9.47 Å². The number of unbranched alkanes of at least 4 members (excludes halogenated alkanes) is 3. The van der Waals surface area contributed by atoms with Crippen molar-refractivity contribution in [1.29, 1.82) is 0 Å². The van der Waals surface area contributed by atoms with E-state index in [-0.39, 0.29) is 30.9 Å². The number of rotatable bonds is 16. The Balaban J connectivity index is 1.74. The molecular formula is C33H47N3O6. The molecule has 2 unspecified atom stereocenters. The average Bonchev–Trinajstić information content (AvgIpc) is 3.55. The highest BCUT2D eigenvalue weighted by Gasteiger charge is 2.78. The summed E-state index contributed by atoms with van der Waals surface area (Å²) in [6.45, 7) is 13.4. The van der Waals surface area contributed by atoms with Gasteiger partial charge in [0.2, 0.25) is 11.8 Å². The van der Waals surface area contributed by atoms with Crippen molar-refractivity contribution in [2.75, 3.05) is 44.8 Å². The van der Waals surface area contributed by atoms with Gasteiger partial charge in [-0.05, 0) is 63.3 Å². The van der Waals surface area contributed by atoms with E-state index in [2.05, 4.69) is 13.2 Å². The van der Waals surface area contributed by atoms with Crippen LogP contribution in [0.25, 0.3) is 0 Å². The molecule has 1 spiro atoms. The van der Waals surface area contributed by atoms with Crippen LogP contribution in [0.4, 0.5) is 5.69 Å². The molecule has 0 saturated carbocycles. The summed E-state index contributed by atoms with van der Waals surface area (Å²) >= 11 is 0. The minimum Gasteiger partial charge on any atom is -0.497 e. The molecular weight excluding hydrogens is 534 g/mol. The van der Waals surface area contributed by atoms with Gasteiger partial charge in [-0.1, -0.05) is 31.9 Å². The lowest BCUT2D eigenvalue weighted by Crippen LogP contribution is -2.56. The van der Waals surface area contributed by atoms with Crippen LogP contribution in [0.1, 0.15) is 58.8 Å². The van der Waals surface area contributed by atoms with Gasteiger partial charge in [-0.2, -0.15) is 0 Å². The second-order valence-corrected chi connectivity index (χ2v) is 11.9. The van der Waals surface area contributed by atoms with Crippen molar-refractivity contribution in [3.8, 4) is 5.75 Å².